The van der Waals surface area contributed by atoms with Gasteiger partial charge in [-0.3, -0.25) is 4.79 Å². The van der Waals surface area contributed by atoms with Crippen molar-refractivity contribution in [1.29, 1.82) is 0 Å². The number of aliphatic hydroxyl groups is 3. The zero-order valence-electron chi connectivity index (χ0n) is 20.9. The van der Waals surface area contributed by atoms with Crippen LogP contribution in [0.15, 0.2) is 35.5 Å². The molecule has 1 heterocycles. The zero-order valence-corrected chi connectivity index (χ0v) is 20.9. The van der Waals surface area contributed by atoms with E-state index < -0.39 is 17.8 Å². The second-order valence-electron chi connectivity index (χ2n) is 11.9. The third-order valence-corrected chi connectivity index (χ3v) is 9.26. The summed E-state index contributed by atoms with van der Waals surface area (Å²) < 4.78 is 0. The first kappa shape index (κ1) is 24.7. The second kappa shape index (κ2) is 8.98. The van der Waals surface area contributed by atoms with E-state index in [4.69, 9.17) is 0 Å². The molecule has 5 heteroatoms. The highest BCUT2D eigenvalue weighted by Gasteiger charge is 2.53. The molecule has 1 saturated heterocycles. The Bertz CT molecular complexity index is 856. The monoisotopic (exact) mass is 457 g/mol. The van der Waals surface area contributed by atoms with Crippen LogP contribution in [0, 0.1) is 17.3 Å². The van der Waals surface area contributed by atoms with Crippen LogP contribution in [0.4, 0.5) is 0 Å². The van der Waals surface area contributed by atoms with Crippen LogP contribution in [0.3, 0.4) is 0 Å². The van der Waals surface area contributed by atoms with E-state index in [2.05, 4.69) is 25.7 Å². The predicted octanol–water partition coefficient (Wildman–Crippen LogP) is 4.28. The van der Waals surface area contributed by atoms with Crippen molar-refractivity contribution in [1.82, 2.24) is 4.90 Å². The van der Waals surface area contributed by atoms with Crippen molar-refractivity contribution in [3.63, 3.8) is 0 Å². The van der Waals surface area contributed by atoms with Gasteiger partial charge >= 0.3 is 0 Å². The Morgan fingerprint density at radius 2 is 1.94 bits per heavy atom. The average Bonchev–Trinajstić information content (AvgIpc) is 3.17. The van der Waals surface area contributed by atoms with E-state index in [9.17, 15) is 20.1 Å². The summed E-state index contributed by atoms with van der Waals surface area (Å²) in [6.45, 7) is 12.3. The smallest absolute Gasteiger partial charge is 0.254 e. The molecule has 0 bridgehead atoms. The Morgan fingerprint density at radius 1 is 1.21 bits per heavy atom. The molecule has 4 aliphatic rings. The van der Waals surface area contributed by atoms with Crippen molar-refractivity contribution in [3.05, 3.63) is 35.5 Å². The molecule has 5 nitrogen and oxygen atoms in total. The highest BCUT2D eigenvalue weighted by atomic mass is 16.3. The van der Waals surface area contributed by atoms with Gasteiger partial charge in [-0.15, -0.1) is 0 Å². The maximum absolute atomic E-state index is 12.8. The molecule has 33 heavy (non-hydrogen) atoms. The molecule has 4 rings (SSSR count). The first-order valence-electron chi connectivity index (χ1n) is 12.9. The summed E-state index contributed by atoms with van der Waals surface area (Å²) in [5, 5.41) is 30.9. The number of carbonyl (C=O) groups is 1. The van der Waals surface area contributed by atoms with Crippen molar-refractivity contribution in [3.8, 4) is 0 Å². The fraction of sp³-hybridized carbons (Fsp3) is 0.750. The fourth-order valence-corrected chi connectivity index (χ4v) is 7.47. The third kappa shape index (κ3) is 4.49. The number of nitrogens with zero attached hydrogens (tertiary/aromatic N) is 1. The van der Waals surface area contributed by atoms with Crippen LogP contribution in [0.2, 0.25) is 0 Å². The van der Waals surface area contributed by atoms with Gasteiger partial charge in [0.25, 0.3) is 5.91 Å². The van der Waals surface area contributed by atoms with Gasteiger partial charge in [-0.05, 0) is 94.1 Å². The van der Waals surface area contributed by atoms with Gasteiger partial charge in [0.05, 0.1) is 12.2 Å². The molecule has 4 fully saturated rings. The van der Waals surface area contributed by atoms with Crippen LogP contribution in [0.1, 0.15) is 85.5 Å². The summed E-state index contributed by atoms with van der Waals surface area (Å²) in [5.74, 6) is 0.958. The molecule has 0 spiro atoms. The maximum Gasteiger partial charge on any atom is 0.254 e. The first-order chi connectivity index (χ1) is 15.4. The summed E-state index contributed by atoms with van der Waals surface area (Å²) in [4.78, 5) is 14.7. The van der Waals surface area contributed by atoms with Gasteiger partial charge < -0.3 is 20.2 Å². The Labute approximate surface area is 199 Å². The Hall–Kier alpha value is -1.43. The predicted molar refractivity (Wildman–Crippen MR) is 130 cm³/mol. The van der Waals surface area contributed by atoms with Crippen LogP contribution in [0.5, 0.6) is 0 Å². The zero-order chi connectivity index (χ0) is 24.1. The van der Waals surface area contributed by atoms with Crippen molar-refractivity contribution < 1.29 is 20.1 Å². The minimum absolute atomic E-state index is 0.101. The quantitative estimate of drug-likeness (QED) is 0.589. The van der Waals surface area contributed by atoms with E-state index in [-0.39, 0.29) is 23.4 Å². The Kier molecular flexibility index (Phi) is 6.71. The van der Waals surface area contributed by atoms with Gasteiger partial charge in [0.15, 0.2) is 0 Å². The Balaban J connectivity index is 1.52. The number of amides is 1. The van der Waals surface area contributed by atoms with Crippen molar-refractivity contribution in [2.45, 2.75) is 115 Å². The fourth-order valence-electron chi connectivity index (χ4n) is 7.47. The molecule has 3 N–H and O–H groups in total. The molecule has 7 atom stereocenters. The highest BCUT2D eigenvalue weighted by Crippen LogP contribution is 2.59. The molecule has 3 aliphatic carbocycles. The molecule has 3 saturated carbocycles. The number of carbonyl (C=O) groups excluding carboxylic acids is 1. The van der Waals surface area contributed by atoms with E-state index in [0.717, 1.165) is 30.4 Å². The number of rotatable bonds is 4. The normalized spacial score (nSPS) is 44.4. The van der Waals surface area contributed by atoms with E-state index >= 15 is 0 Å². The average molecular weight is 458 g/mol. The minimum atomic E-state index is -1.24. The first-order valence-corrected chi connectivity index (χ1v) is 12.9. The maximum atomic E-state index is 12.8. The van der Waals surface area contributed by atoms with Gasteiger partial charge in [0.2, 0.25) is 0 Å². The summed E-state index contributed by atoms with van der Waals surface area (Å²) in [6.07, 6.45) is 11.4. The van der Waals surface area contributed by atoms with Crippen LogP contribution in [-0.2, 0) is 4.79 Å². The summed E-state index contributed by atoms with van der Waals surface area (Å²) >= 11 is 0. The molecule has 184 valence electrons. The lowest BCUT2D eigenvalue weighted by atomic mass is 9.62. The molecular formula is C28H43NO4. The molecule has 3 unspecified atom stereocenters. The minimum Gasteiger partial charge on any atom is -0.393 e. The van der Waals surface area contributed by atoms with E-state index in [0.29, 0.717) is 31.1 Å². The molecule has 1 amide bonds. The number of likely N-dealkylation sites (tertiary alicyclic amines) is 1. The highest BCUT2D eigenvalue weighted by molar-refractivity contribution is 5.87. The van der Waals surface area contributed by atoms with E-state index in [1.54, 1.807) is 6.92 Å². The van der Waals surface area contributed by atoms with Crippen LogP contribution >= 0.6 is 0 Å². The molecule has 1 aliphatic heterocycles. The summed E-state index contributed by atoms with van der Waals surface area (Å²) in [6, 6.07) is 0.210. The van der Waals surface area contributed by atoms with Gasteiger partial charge in [0.1, 0.15) is 5.60 Å². The van der Waals surface area contributed by atoms with Crippen LogP contribution < -0.4 is 0 Å². The number of hydrogen-bond donors (Lipinski definition) is 3. The lowest BCUT2D eigenvalue weighted by Gasteiger charge is -2.44. The molecule has 0 aromatic carbocycles. The largest absolute Gasteiger partial charge is 0.393 e. The number of allylic oxidation sites excluding steroid dienone is 3. The van der Waals surface area contributed by atoms with Crippen molar-refractivity contribution in [2.24, 2.45) is 17.3 Å². The van der Waals surface area contributed by atoms with Crippen LogP contribution in [0.25, 0.3) is 0 Å². The SMILES string of the molecule is C=C1/C(=C\C=C2/CCC[C@]3(C)C(CC4CC(C)(O)C(=O)N4C(C)C)CC[C@@H]23)C[C@@H](O)C[C@@H]1O. The molecule has 0 aromatic heterocycles. The third-order valence-electron chi connectivity index (χ3n) is 9.26. The van der Waals surface area contributed by atoms with Gasteiger partial charge in [-0.25, -0.2) is 0 Å². The lowest BCUT2D eigenvalue weighted by molar-refractivity contribution is -0.143. The van der Waals surface area contributed by atoms with Gasteiger partial charge in [-0.2, -0.15) is 0 Å². The molecule has 0 aromatic rings. The second-order valence-corrected chi connectivity index (χ2v) is 11.9. The summed E-state index contributed by atoms with van der Waals surface area (Å²) in [5.41, 5.74) is 2.17. The summed E-state index contributed by atoms with van der Waals surface area (Å²) in [7, 11) is 0. The van der Waals surface area contributed by atoms with E-state index in [1.807, 2.05) is 18.7 Å². The number of fused-ring (bicyclic) bond motifs is 1. The number of hydrogen-bond acceptors (Lipinski definition) is 4. The Morgan fingerprint density at radius 3 is 2.64 bits per heavy atom. The topological polar surface area (TPSA) is 81.0 Å². The van der Waals surface area contributed by atoms with Crippen molar-refractivity contribution >= 4 is 5.91 Å². The van der Waals surface area contributed by atoms with Gasteiger partial charge in [0, 0.05) is 24.9 Å². The number of aliphatic hydroxyl groups excluding tert-OH is 2. The van der Waals surface area contributed by atoms with Crippen molar-refractivity contribution in [2.75, 3.05) is 0 Å². The lowest BCUT2D eigenvalue weighted by Crippen LogP contribution is -2.44. The molecule has 0 radical (unpaired) electrons. The molecular weight excluding hydrogens is 414 g/mol. The van der Waals surface area contributed by atoms with E-state index in [1.165, 1.54) is 24.8 Å². The standard InChI is InChI=1S/C28H43NO4/c1-17(2)29-22(16-28(5,33)26(29)32)14-21-10-11-24-19(7-6-12-27(21,24)4)8-9-20-13-23(30)15-25(31)18(20)3/h8-9,17,21-25,30-31,33H,3,6-7,10-16H2,1-2,4-5H3/b19-8+,20-9-/t21?,22?,23-,24+,25+,27-,28?/m1/s1. The van der Waals surface area contributed by atoms with Gasteiger partial charge in [-0.1, -0.05) is 31.2 Å². The van der Waals surface area contributed by atoms with Crippen LogP contribution in [-0.4, -0.2) is 56.0 Å².